The van der Waals surface area contributed by atoms with Gasteiger partial charge in [-0.2, -0.15) is 0 Å². The molecule has 2 aromatic heterocycles. The van der Waals surface area contributed by atoms with E-state index in [-0.39, 0.29) is 5.91 Å². The van der Waals surface area contributed by atoms with E-state index in [1.165, 1.54) is 17.3 Å². The minimum atomic E-state index is -0.242. The van der Waals surface area contributed by atoms with Gasteiger partial charge < -0.3 is 10.6 Å². The van der Waals surface area contributed by atoms with Gasteiger partial charge >= 0.3 is 0 Å². The lowest BCUT2D eigenvalue weighted by atomic mass is 10.1. The molecule has 0 bridgehead atoms. The summed E-state index contributed by atoms with van der Waals surface area (Å²) in [5, 5.41) is 6.59. The van der Waals surface area contributed by atoms with Crippen molar-refractivity contribution < 1.29 is 4.79 Å². The van der Waals surface area contributed by atoms with Crippen LogP contribution in [0.1, 0.15) is 21.5 Å². The molecule has 2 heterocycles. The van der Waals surface area contributed by atoms with Crippen LogP contribution in [0, 0.1) is 13.8 Å². The van der Waals surface area contributed by atoms with Gasteiger partial charge in [-0.05, 0) is 55.5 Å². The van der Waals surface area contributed by atoms with Crippen LogP contribution in [-0.4, -0.2) is 34.2 Å². The summed E-state index contributed by atoms with van der Waals surface area (Å²) in [4.78, 5) is 26.1. The fourth-order valence-corrected chi connectivity index (χ4v) is 3.19. The molecule has 2 N–H and O–H groups in total. The Morgan fingerprint density at radius 2 is 1.78 bits per heavy atom. The molecule has 6 nitrogen and oxygen atoms in total. The van der Waals surface area contributed by atoms with Crippen molar-refractivity contribution in [3.05, 3.63) is 59.4 Å². The third kappa shape index (κ3) is 4.09. The number of thioether (sulfide) groups is 1. The number of benzene rings is 1. The molecule has 138 valence electrons. The number of nitrogens with zero attached hydrogens (tertiary/aromatic N) is 3. The molecule has 3 aromatic rings. The zero-order valence-electron chi connectivity index (χ0n) is 15.7. The van der Waals surface area contributed by atoms with E-state index in [0.717, 1.165) is 16.8 Å². The molecule has 1 amide bonds. The lowest BCUT2D eigenvalue weighted by Gasteiger charge is -2.14. The van der Waals surface area contributed by atoms with Crippen LogP contribution in [0.2, 0.25) is 0 Å². The number of hydrogen-bond donors (Lipinski definition) is 2. The molecule has 0 saturated carbocycles. The Labute approximate surface area is 162 Å². The second-order valence-corrected chi connectivity index (χ2v) is 6.81. The van der Waals surface area contributed by atoms with Crippen LogP contribution in [0.4, 0.5) is 11.5 Å². The Morgan fingerprint density at radius 1 is 1.04 bits per heavy atom. The van der Waals surface area contributed by atoms with Crippen molar-refractivity contribution in [1.29, 1.82) is 0 Å². The van der Waals surface area contributed by atoms with Crippen LogP contribution < -0.4 is 10.6 Å². The van der Waals surface area contributed by atoms with E-state index >= 15 is 0 Å². The van der Waals surface area contributed by atoms with Gasteiger partial charge in [-0.15, -0.1) is 11.8 Å². The summed E-state index contributed by atoms with van der Waals surface area (Å²) in [6.45, 7) is 4.06. The molecule has 0 aliphatic heterocycles. The van der Waals surface area contributed by atoms with Gasteiger partial charge in [0.25, 0.3) is 5.91 Å². The second kappa shape index (κ2) is 8.18. The lowest BCUT2D eigenvalue weighted by Crippen LogP contribution is -2.17. The summed E-state index contributed by atoms with van der Waals surface area (Å²) in [7, 11) is 1.75. The standard InChI is InChI=1S/C20H21N5OS/c1-12-5-6-15(11-13(12)2)23-19(26)16-18(21-3)24-17(25-20(16)27-4)14-7-9-22-10-8-14/h5-11H,1-4H3,(H,23,26)(H,21,24,25). The number of hydrogen-bond acceptors (Lipinski definition) is 6. The van der Waals surface area contributed by atoms with Gasteiger partial charge in [0.05, 0.1) is 0 Å². The number of pyridine rings is 1. The van der Waals surface area contributed by atoms with E-state index in [1.807, 2.05) is 50.4 Å². The predicted octanol–water partition coefficient (Wildman–Crippen LogP) is 4.17. The number of carbonyl (C=O) groups excluding carboxylic acids is 1. The van der Waals surface area contributed by atoms with Crippen LogP contribution in [-0.2, 0) is 0 Å². The minimum Gasteiger partial charge on any atom is -0.372 e. The average molecular weight is 379 g/mol. The van der Waals surface area contributed by atoms with E-state index in [4.69, 9.17) is 0 Å². The number of aromatic nitrogens is 3. The Hall–Kier alpha value is -2.93. The van der Waals surface area contributed by atoms with Crippen LogP contribution >= 0.6 is 11.8 Å². The normalized spacial score (nSPS) is 10.5. The fourth-order valence-electron chi connectivity index (χ4n) is 2.62. The first kappa shape index (κ1) is 18.8. The van der Waals surface area contributed by atoms with Gasteiger partial charge in [-0.3, -0.25) is 9.78 Å². The number of rotatable bonds is 5. The van der Waals surface area contributed by atoms with E-state index in [9.17, 15) is 4.79 Å². The van der Waals surface area contributed by atoms with Crippen molar-refractivity contribution in [2.45, 2.75) is 18.9 Å². The first-order valence-corrected chi connectivity index (χ1v) is 9.68. The van der Waals surface area contributed by atoms with Crippen LogP contribution in [0.5, 0.6) is 0 Å². The molecule has 0 fully saturated rings. The molecular weight excluding hydrogens is 358 g/mol. The predicted molar refractivity (Wildman–Crippen MR) is 110 cm³/mol. The van der Waals surface area contributed by atoms with E-state index < -0.39 is 0 Å². The van der Waals surface area contributed by atoms with Crippen LogP contribution in [0.15, 0.2) is 47.8 Å². The Kier molecular flexibility index (Phi) is 5.71. The molecule has 0 spiro atoms. The molecule has 0 aliphatic rings. The second-order valence-electron chi connectivity index (χ2n) is 6.02. The number of carbonyl (C=O) groups is 1. The van der Waals surface area contributed by atoms with Crippen molar-refractivity contribution in [2.75, 3.05) is 23.9 Å². The summed E-state index contributed by atoms with van der Waals surface area (Å²) >= 11 is 1.41. The third-order valence-corrected chi connectivity index (χ3v) is 4.92. The zero-order valence-corrected chi connectivity index (χ0v) is 16.5. The van der Waals surface area contributed by atoms with Crippen LogP contribution in [0.25, 0.3) is 11.4 Å². The SMILES string of the molecule is CNc1nc(-c2ccncc2)nc(SC)c1C(=O)Nc1ccc(C)c(C)c1. The van der Waals surface area contributed by atoms with Gasteiger partial charge in [0.1, 0.15) is 16.4 Å². The maximum absolute atomic E-state index is 13.0. The third-order valence-electron chi connectivity index (χ3n) is 4.24. The van der Waals surface area contributed by atoms with Crippen molar-refractivity contribution in [1.82, 2.24) is 15.0 Å². The highest BCUT2D eigenvalue weighted by Crippen LogP contribution is 2.28. The maximum atomic E-state index is 13.0. The molecule has 0 radical (unpaired) electrons. The molecule has 7 heteroatoms. The zero-order chi connectivity index (χ0) is 19.4. The van der Waals surface area contributed by atoms with Gasteiger partial charge in [0.2, 0.25) is 0 Å². The van der Waals surface area contributed by atoms with Crippen molar-refractivity contribution in [3.63, 3.8) is 0 Å². The van der Waals surface area contributed by atoms with E-state index in [0.29, 0.717) is 22.2 Å². The van der Waals surface area contributed by atoms with Gasteiger partial charge in [-0.1, -0.05) is 6.07 Å². The highest BCUT2D eigenvalue weighted by molar-refractivity contribution is 7.98. The Balaban J connectivity index is 2.00. The Bertz CT molecular complexity index is 950. The van der Waals surface area contributed by atoms with E-state index in [2.05, 4.69) is 25.6 Å². The topological polar surface area (TPSA) is 79.8 Å². The Morgan fingerprint density at radius 3 is 2.41 bits per heavy atom. The largest absolute Gasteiger partial charge is 0.372 e. The molecule has 27 heavy (non-hydrogen) atoms. The molecule has 1 aromatic carbocycles. The quantitative estimate of drug-likeness (QED) is 0.512. The van der Waals surface area contributed by atoms with Gasteiger partial charge in [0, 0.05) is 30.7 Å². The highest BCUT2D eigenvalue weighted by Gasteiger charge is 2.21. The van der Waals surface area contributed by atoms with Crippen molar-refractivity contribution in [3.8, 4) is 11.4 Å². The van der Waals surface area contributed by atoms with Crippen LogP contribution in [0.3, 0.4) is 0 Å². The number of anilines is 2. The van der Waals surface area contributed by atoms with E-state index in [1.54, 1.807) is 19.4 Å². The molecule has 0 saturated heterocycles. The maximum Gasteiger partial charge on any atom is 0.262 e. The number of nitrogens with one attached hydrogen (secondary N) is 2. The fraction of sp³-hybridized carbons (Fsp3) is 0.200. The lowest BCUT2D eigenvalue weighted by molar-refractivity contribution is 0.102. The minimum absolute atomic E-state index is 0.242. The monoisotopic (exact) mass is 379 g/mol. The van der Waals surface area contributed by atoms with Gasteiger partial charge in [0.15, 0.2) is 5.82 Å². The highest BCUT2D eigenvalue weighted by atomic mass is 32.2. The number of aryl methyl sites for hydroxylation is 2. The molecule has 0 atom stereocenters. The summed E-state index contributed by atoms with van der Waals surface area (Å²) in [5.74, 6) is 0.796. The average Bonchev–Trinajstić information content (AvgIpc) is 2.70. The first-order chi connectivity index (χ1) is 13.0. The molecular formula is C20H21N5OS. The summed E-state index contributed by atoms with van der Waals surface area (Å²) < 4.78 is 0. The smallest absolute Gasteiger partial charge is 0.262 e. The van der Waals surface area contributed by atoms with Crippen molar-refractivity contribution >= 4 is 29.2 Å². The van der Waals surface area contributed by atoms with Crippen molar-refractivity contribution in [2.24, 2.45) is 0 Å². The van der Waals surface area contributed by atoms with Gasteiger partial charge in [-0.25, -0.2) is 9.97 Å². The first-order valence-electron chi connectivity index (χ1n) is 8.46. The molecule has 3 rings (SSSR count). The summed E-state index contributed by atoms with van der Waals surface area (Å²) in [6.07, 6.45) is 5.28. The summed E-state index contributed by atoms with van der Waals surface area (Å²) in [5.41, 5.74) is 4.32. The molecule has 0 unspecified atom stereocenters. The molecule has 0 aliphatic carbocycles. The summed E-state index contributed by atoms with van der Waals surface area (Å²) in [6, 6.07) is 9.52. The number of amides is 1.